The molecule has 0 radical (unpaired) electrons. The minimum absolute atomic E-state index is 0.0732. The fraction of sp³-hybridized carbons (Fsp3) is 0.300. The molecule has 138 valence electrons. The summed E-state index contributed by atoms with van der Waals surface area (Å²) in [4.78, 5) is 28.3. The maximum atomic E-state index is 12.6. The molecule has 2 rings (SSSR count). The summed E-state index contributed by atoms with van der Waals surface area (Å²) in [5, 5.41) is 2.84. The molecule has 0 aromatic heterocycles. The zero-order chi connectivity index (χ0) is 19.1. The first-order valence-electron chi connectivity index (χ1n) is 8.32. The smallest absolute Gasteiger partial charge is 0.244 e. The van der Waals surface area contributed by atoms with Crippen LogP contribution >= 0.6 is 0 Å². The van der Waals surface area contributed by atoms with E-state index in [9.17, 15) is 9.59 Å². The Morgan fingerprint density at radius 1 is 1.00 bits per heavy atom. The van der Waals surface area contributed by atoms with Gasteiger partial charge in [-0.2, -0.15) is 0 Å². The Bertz CT molecular complexity index is 730. The fourth-order valence-corrected chi connectivity index (χ4v) is 2.66. The quantitative estimate of drug-likeness (QED) is 0.828. The van der Waals surface area contributed by atoms with Crippen LogP contribution < -0.4 is 10.1 Å². The third-order valence-electron chi connectivity index (χ3n) is 4.00. The van der Waals surface area contributed by atoms with E-state index in [1.165, 1.54) is 4.90 Å². The SMILES string of the molecule is COc1ccc(NC(=O)CN(C)C(C(=O)N(C)C)c2ccccc2)cc1. The molecule has 0 spiro atoms. The van der Waals surface area contributed by atoms with Crippen LogP contribution in [0.1, 0.15) is 11.6 Å². The molecule has 0 saturated carbocycles. The van der Waals surface area contributed by atoms with Gasteiger partial charge in [0.2, 0.25) is 11.8 Å². The molecule has 26 heavy (non-hydrogen) atoms. The molecule has 1 unspecified atom stereocenters. The number of methoxy groups -OCH3 is 1. The topological polar surface area (TPSA) is 61.9 Å². The second kappa shape index (κ2) is 9.01. The Labute approximate surface area is 154 Å². The molecule has 0 bridgehead atoms. The Morgan fingerprint density at radius 2 is 1.62 bits per heavy atom. The van der Waals surface area contributed by atoms with Crippen molar-refractivity contribution in [3.8, 4) is 5.75 Å². The summed E-state index contributed by atoms with van der Waals surface area (Å²) >= 11 is 0. The van der Waals surface area contributed by atoms with E-state index in [-0.39, 0.29) is 18.4 Å². The van der Waals surface area contributed by atoms with Gasteiger partial charge in [-0.05, 0) is 36.9 Å². The van der Waals surface area contributed by atoms with Crippen molar-refractivity contribution in [2.24, 2.45) is 0 Å². The minimum atomic E-state index is -0.521. The van der Waals surface area contributed by atoms with E-state index in [2.05, 4.69) is 5.32 Å². The van der Waals surface area contributed by atoms with Crippen LogP contribution in [0.25, 0.3) is 0 Å². The Balaban J connectivity index is 2.09. The first-order valence-corrected chi connectivity index (χ1v) is 8.32. The molecular weight excluding hydrogens is 330 g/mol. The highest BCUT2D eigenvalue weighted by Crippen LogP contribution is 2.21. The summed E-state index contributed by atoms with van der Waals surface area (Å²) in [6, 6.07) is 16.0. The van der Waals surface area contributed by atoms with Gasteiger partial charge in [0.25, 0.3) is 0 Å². The van der Waals surface area contributed by atoms with Crippen molar-refractivity contribution in [3.63, 3.8) is 0 Å². The highest BCUT2D eigenvalue weighted by molar-refractivity contribution is 5.93. The average Bonchev–Trinajstić information content (AvgIpc) is 2.63. The van der Waals surface area contributed by atoms with Crippen molar-refractivity contribution < 1.29 is 14.3 Å². The number of rotatable bonds is 7. The molecule has 1 N–H and O–H groups in total. The van der Waals surface area contributed by atoms with E-state index in [4.69, 9.17) is 4.74 Å². The standard InChI is InChI=1S/C20H25N3O3/c1-22(2)20(25)19(15-8-6-5-7-9-15)23(3)14-18(24)21-16-10-12-17(26-4)13-11-16/h5-13,19H,14H2,1-4H3,(H,21,24). The fourth-order valence-electron chi connectivity index (χ4n) is 2.66. The van der Waals surface area contributed by atoms with Crippen LogP contribution in [0, 0.1) is 0 Å². The summed E-state index contributed by atoms with van der Waals surface area (Å²) in [7, 11) is 6.79. The number of benzene rings is 2. The van der Waals surface area contributed by atoms with E-state index in [0.29, 0.717) is 5.69 Å². The van der Waals surface area contributed by atoms with E-state index < -0.39 is 6.04 Å². The molecular formula is C20H25N3O3. The Hall–Kier alpha value is -2.86. The van der Waals surface area contributed by atoms with Crippen molar-refractivity contribution in [1.82, 2.24) is 9.80 Å². The summed E-state index contributed by atoms with van der Waals surface area (Å²) < 4.78 is 5.10. The average molecular weight is 355 g/mol. The molecule has 2 amide bonds. The van der Waals surface area contributed by atoms with Gasteiger partial charge in [-0.1, -0.05) is 30.3 Å². The lowest BCUT2D eigenvalue weighted by atomic mass is 10.0. The lowest BCUT2D eigenvalue weighted by Crippen LogP contribution is -2.41. The number of carbonyl (C=O) groups is 2. The minimum Gasteiger partial charge on any atom is -0.497 e. The highest BCUT2D eigenvalue weighted by atomic mass is 16.5. The Morgan fingerprint density at radius 3 is 2.15 bits per heavy atom. The van der Waals surface area contributed by atoms with Gasteiger partial charge in [-0.15, -0.1) is 0 Å². The van der Waals surface area contributed by atoms with E-state index in [1.807, 2.05) is 30.3 Å². The van der Waals surface area contributed by atoms with E-state index >= 15 is 0 Å². The lowest BCUT2D eigenvalue weighted by Gasteiger charge is -2.29. The van der Waals surface area contributed by atoms with Crippen LogP contribution in [0.15, 0.2) is 54.6 Å². The first kappa shape index (κ1) is 19.5. The van der Waals surface area contributed by atoms with Crippen LogP contribution in [0.5, 0.6) is 5.75 Å². The van der Waals surface area contributed by atoms with Crippen LogP contribution in [-0.2, 0) is 9.59 Å². The lowest BCUT2D eigenvalue weighted by molar-refractivity contribution is -0.134. The van der Waals surface area contributed by atoms with Gasteiger partial charge in [0, 0.05) is 19.8 Å². The molecule has 0 aliphatic carbocycles. The first-order chi connectivity index (χ1) is 12.4. The number of ether oxygens (including phenoxy) is 1. The van der Waals surface area contributed by atoms with Gasteiger partial charge in [0.05, 0.1) is 13.7 Å². The highest BCUT2D eigenvalue weighted by Gasteiger charge is 2.27. The van der Waals surface area contributed by atoms with Crippen molar-refractivity contribution in [3.05, 3.63) is 60.2 Å². The van der Waals surface area contributed by atoms with Crippen LogP contribution in [-0.4, -0.2) is 56.4 Å². The summed E-state index contributed by atoms with van der Waals surface area (Å²) in [6.07, 6.45) is 0. The molecule has 6 nitrogen and oxygen atoms in total. The van der Waals surface area contributed by atoms with Gasteiger partial charge < -0.3 is 15.0 Å². The second-order valence-electron chi connectivity index (χ2n) is 6.24. The summed E-state index contributed by atoms with van der Waals surface area (Å²) in [5.41, 5.74) is 1.53. The number of carbonyl (C=O) groups excluding carboxylic acids is 2. The zero-order valence-electron chi connectivity index (χ0n) is 15.6. The second-order valence-corrected chi connectivity index (χ2v) is 6.24. The monoisotopic (exact) mass is 355 g/mol. The van der Waals surface area contributed by atoms with Crippen LogP contribution in [0.2, 0.25) is 0 Å². The summed E-state index contributed by atoms with van der Waals surface area (Å²) in [6.45, 7) is 0.0885. The maximum Gasteiger partial charge on any atom is 0.244 e. The third kappa shape index (κ3) is 5.07. The van der Waals surface area contributed by atoms with Gasteiger partial charge in [-0.25, -0.2) is 0 Å². The molecule has 2 aromatic carbocycles. The molecule has 1 atom stereocenters. The van der Waals surface area contributed by atoms with Gasteiger partial charge >= 0.3 is 0 Å². The predicted molar refractivity (Wildman–Crippen MR) is 102 cm³/mol. The number of likely N-dealkylation sites (N-methyl/N-ethyl adjacent to an activating group) is 2. The summed E-state index contributed by atoms with van der Waals surface area (Å²) in [5.74, 6) is 0.460. The predicted octanol–water partition coefficient (Wildman–Crippen LogP) is 2.40. The van der Waals surface area contributed by atoms with Crippen molar-refractivity contribution in [2.45, 2.75) is 6.04 Å². The van der Waals surface area contributed by atoms with Crippen LogP contribution in [0.4, 0.5) is 5.69 Å². The number of nitrogens with zero attached hydrogens (tertiary/aromatic N) is 2. The Kier molecular flexibility index (Phi) is 6.74. The molecule has 0 heterocycles. The largest absolute Gasteiger partial charge is 0.497 e. The normalized spacial score (nSPS) is 11.7. The number of hydrogen-bond acceptors (Lipinski definition) is 4. The molecule has 2 aromatic rings. The molecule has 0 aliphatic rings. The number of nitrogens with one attached hydrogen (secondary N) is 1. The maximum absolute atomic E-state index is 12.6. The van der Waals surface area contributed by atoms with Gasteiger partial charge in [0.15, 0.2) is 0 Å². The number of anilines is 1. The molecule has 0 aliphatic heterocycles. The molecule has 0 saturated heterocycles. The number of hydrogen-bond donors (Lipinski definition) is 1. The van der Waals surface area contributed by atoms with Crippen molar-refractivity contribution in [1.29, 1.82) is 0 Å². The molecule has 0 fully saturated rings. The van der Waals surface area contributed by atoms with Gasteiger partial charge in [-0.3, -0.25) is 14.5 Å². The molecule has 6 heteroatoms. The zero-order valence-corrected chi connectivity index (χ0v) is 15.6. The number of amides is 2. The van der Waals surface area contributed by atoms with E-state index in [1.54, 1.807) is 57.4 Å². The van der Waals surface area contributed by atoms with Crippen molar-refractivity contribution in [2.75, 3.05) is 40.1 Å². The van der Waals surface area contributed by atoms with Gasteiger partial charge in [0.1, 0.15) is 11.8 Å². The van der Waals surface area contributed by atoms with E-state index in [0.717, 1.165) is 11.3 Å². The third-order valence-corrected chi connectivity index (χ3v) is 4.00. The van der Waals surface area contributed by atoms with Crippen LogP contribution in [0.3, 0.4) is 0 Å². The van der Waals surface area contributed by atoms with Crippen molar-refractivity contribution >= 4 is 17.5 Å².